The molecule has 2 heterocycles. The summed E-state index contributed by atoms with van der Waals surface area (Å²) in [5, 5.41) is 3.71. The Balaban J connectivity index is 2.49. The fraction of sp³-hybridized carbons (Fsp3) is 0.385. The van der Waals surface area contributed by atoms with E-state index >= 15 is 0 Å². The number of pyridine rings is 1. The monoisotopic (exact) mass is 331 g/mol. The van der Waals surface area contributed by atoms with Crippen LogP contribution in [0.1, 0.15) is 34.6 Å². The molecule has 23 heavy (non-hydrogen) atoms. The molecular formula is C13H12F3N3O4. The summed E-state index contributed by atoms with van der Waals surface area (Å²) in [6, 6.07) is 1.63. The van der Waals surface area contributed by atoms with Gasteiger partial charge in [0.25, 0.3) is 0 Å². The Bertz CT molecular complexity index is 780. The highest BCUT2D eigenvalue weighted by Crippen LogP contribution is 2.28. The van der Waals surface area contributed by atoms with Crippen molar-refractivity contribution in [3.63, 3.8) is 0 Å². The fourth-order valence-corrected chi connectivity index (χ4v) is 1.83. The standard InChI is InChI=1S/C13H12F3N3O4/c1-3-22-11(20)8-4-5-10(13(14,15)16)17-9(8)6-19-12(21)23-7(2)18-19/h4-5H,3,6H2,1-2H3. The second kappa shape index (κ2) is 6.23. The van der Waals surface area contributed by atoms with Gasteiger partial charge in [0.15, 0.2) is 0 Å². The number of aryl methyl sites for hydroxylation is 1. The SMILES string of the molecule is CCOC(=O)c1ccc(C(F)(F)F)nc1Cn1nc(C)oc1=O. The van der Waals surface area contributed by atoms with E-state index in [1.165, 1.54) is 6.92 Å². The van der Waals surface area contributed by atoms with Gasteiger partial charge in [0.1, 0.15) is 5.69 Å². The van der Waals surface area contributed by atoms with E-state index in [2.05, 4.69) is 14.5 Å². The molecule has 0 aliphatic carbocycles. The lowest BCUT2D eigenvalue weighted by Gasteiger charge is -2.11. The van der Waals surface area contributed by atoms with Crippen molar-refractivity contribution in [3.8, 4) is 0 Å². The molecule has 2 aromatic rings. The number of rotatable bonds is 4. The third kappa shape index (κ3) is 3.76. The van der Waals surface area contributed by atoms with Gasteiger partial charge in [0.2, 0.25) is 5.89 Å². The summed E-state index contributed by atoms with van der Waals surface area (Å²) in [6.07, 6.45) is -4.69. The van der Waals surface area contributed by atoms with Crippen LogP contribution < -0.4 is 5.76 Å². The highest BCUT2D eigenvalue weighted by Gasteiger charge is 2.33. The molecular weight excluding hydrogens is 319 g/mol. The highest BCUT2D eigenvalue weighted by atomic mass is 19.4. The van der Waals surface area contributed by atoms with Crippen LogP contribution in [0.15, 0.2) is 21.3 Å². The van der Waals surface area contributed by atoms with Crippen LogP contribution in [-0.2, 0) is 17.5 Å². The lowest BCUT2D eigenvalue weighted by molar-refractivity contribution is -0.141. The zero-order valence-electron chi connectivity index (χ0n) is 12.2. The molecule has 0 aliphatic heterocycles. The summed E-state index contributed by atoms with van der Waals surface area (Å²) in [4.78, 5) is 26.8. The normalized spacial score (nSPS) is 11.5. The second-order valence-corrected chi connectivity index (χ2v) is 4.45. The van der Waals surface area contributed by atoms with Gasteiger partial charge in [-0.15, -0.1) is 5.10 Å². The van der Waals surface area contributed by atoms with Crippen molar-refractivity contribution in [2.75, 3.05) is 6.61 Å². The molecule has 0 aromatic carbocycles. The minimum Gasteiger partial charge on any atom is -0.462 e. The summed E-state index contributed by atoms with van der Waals surface area (Å²) in [7, 11) is 0. The maximum atomic E-state index is 12.8. The van der Waals surface area contributed by atoms with E-state index in [9.17, 15) is 22.8 Å². The van der Waals surface area contributed by atoms with Crippen molar-refractivity contribution in [3.05, 3.63) is 45.5 Å². The van der Waals surface area contributed by atoms with Gasteiger partial charge in [0.05, 0.1) is 24.4 Å². The van der Waals surface area contributed by atoms with E-state index in [1.54, 1.807) is 6.92 Å². The minimum absolute atomic E-state index is 0.0414. The van der Waals surface area contributed by atoms with Crippen LogP contribution in [0.5, 0.6) is 0 Å². The molecule has 0 unspecified atom stereocenters. The van der Waals surface area contributed by atoms with E-state index in [1.807, 2.05) is 0 Å². The molecule has 0 radical (unpaired) electrons. The first kappa shape index (κ1) is 16.7. The molecule has 124 valence electrons. The Morgan fingerprint density at radius 1 is 1.39 bits per heavy atom. The van der Waals surface area contributed by atoms with Gasteiger partial charge in [-0.25, -0.2) is 14.6 Å². The van der Waals surface area contributed by atoms with Gasteiger partial charge in [-0.3, -0.25) is 0 Å². The molecule has 7 nitrogen and oxygen atoms in total. The second-order valence-electron chi connectivity index (χ2n) is 4.45. The Hall–Kier alpha value is -2.65. The van der Waals surface area contributed by atoms with Crippen molar-refractivity contribution in [1.29, 1.82) is 0 Å². The topological polar surface area (TPSA) is 87.2 Å². The predicted octanol–water partition coefficient (Wildman–Crippen LogP) is 1.78. The first-order valence-electron chi connectivity index (χ1n) is 6.51. The van der Waals surface area contributed by atoms with Gasteiger partial charge < -0.3 is 9.15 Å². The molecule has 0 atom stereocenters. The third-order valence-corrected chi connectivity index (χ3v) is 2.77. The number of hydrogen-bond donors (Lipinski definition) is 0. The first-order chi connectivity index (χ1) is 10.7. The van der Waals surface area contributed by atoms with E-state index in [-0.39, 0.29) is 23.8 Å². The molecule has 2 aromatic heterocycles. The molecule has 0 bridgehead atoms. The van der Waals surface area contributed by atoms with Crippen LogP contribution in [0.25, 0.3) is 0 Å². The molecule has 0 amide bonds. The number of halogens is 3. The molecule has 2 rings (SSSR count). The maximum Gasteiger partial charge on any atom is 0.437 e. The van der Waals surface area contributed by atoms with Gasteiger partial charge in [-0.2, -0.15) is 17.9 Å². The van der Waals surface area contributed by atoms with Gasteiger partial charge in [-0.05, 0) is 19.1 Å². The Morgan fingerprint density at radius 2 is 2.09 bits per heavy atom. The number of nitrogens with zero attached hydrogens (tertiary/aromatic N) is 3. The molecule has 0 aliphatic rings. The average Bonchev–Trinajstić information content (AvgIpc) is 2.76. The smallest absolute Gasteiger partial charge is 0.437 e. The highest BCUT2D eigenvalue weighted by molar-refractivity contribution is 5.90. The van der Waals surface area contributed by atoms with E-state index < -0.39 is 30.1 Å². The predicted molar refractivity (Wildman–Crippen MR) is 69.8 cm³/mol. The quantitative estimate of drug-likeness (QED) is 0.794. The molecule has 0 fully saturated rings. The van der Waals surface area contributed by atoms with Crippen LogP contribution in [0.2, 0.25) is 0 Å². The largest absolute Gasteiger partial charge is 0.462 e. The van der Waals surface area contributed by atoms with Crippen molar-refractivity contribution >= 4 is 5.97 Å². The Morgan fingerprint density at radius 3 is 2.61 bits per heavy atom. The van der Waals surface area contributed by atoms with Crippen LogP contribution in [-0.4, -0.2) is 27.3 Å². The van der Waals surface area contributed by atoms with Crippen molar-refractivity contribution in [2.24, 2.45) is 0 Å². The van der Waals surface area contributed by atoms with Crippen molar-refractivity contribution in [1.82, 2.24) is 14.8 Å². The molecule has 0 N–H and O–H groups in total. The Kier molecular flexibility index (Phi) is 4.52. The van der Waals surface area contributed by atoms with E-state index in [0.29, 0.717) is 6.07 Å². The molecule has 0 spiro atoms. The van der Waals surface area contributed by atoms with Crippen molar-refractivity contribution < 1.29 is 27.1 Å². The molecule has 0 saturated carbocycles. The number of carbonyl (C=O) groups is 1. The van der Waals surface area contributed by atoms with Crippen LogP contribution in [0.3, 0.4) is 0 Å². The zero-order valence-corrected chi connectivity index (χ0v) is 12.2. The lowest BCUT2D eigenvalue weighted by Crippen LogP contribution is -2.21. The average molecular weight is 331 g/mol. The van der Waals surface area contributed by atoms with Crippen LogP contribution >= 0.6 is 0 Å². The lowest BCUT2D eigenvalue weighted by atomic mass is 10.1. The fourth-order valence-electron chi connectivity index (χ4n) is 1.83. The number of esters is 1. The van der Waals surface area contributed by atoms with Crippen molar-refractivity contribution in [2.45, 2.75) is 26.6 Å². The summed E-state index contributed by atoms with van der Waals surface area (Å²) in [5.74, 6) is -1.66. The summed E-state index contributed by atoms with van der Waals surface area (Å²) in [6.45, 7) is 2.56. The summed E-state index contributed by atoms with van der Waals surface area (Å²) in [5.41, 5.74) is -1.64. The van der Waals surface area contributed by atoms with Crippen LogP contribution in [0, 0.1) is 6.92 Å². The number of ether oxygens (including phenoxy) is 1. The number of hydrogen-bond acceptors (Lipinski definition) is 6. The van der Waals surface area contributed by atoms with E-state index in [0.717, 1.165) is 10.7 Å². The van der Waals surface area contributed by atoms with Crippen LogP contribution in [0.4, 0.5) is 13.2 Å². The van der Waals surface area contributed by atoms with Gasteiger partial charge >= 0.3 is 17.9 Å². The molecule has 10 heteroatoms. The first-order valence-corrected chi connectivity index (χ1v) is 6.51. The zero-order chi connectivity index (χ0) is 17.2. The number of carbonyl (C=O) groups excluding carboxylic acids is 1. The van der Waals surface area contributed by atoms with Gasteiger partial charge in [0, 0.05) is 6.92 Å². The van der Waals surface area contributed by atoms with E-state index in [4.69, 9.17) is 4.74 Å². The summed E-state index contributed by atoms with van der Waals surface area (Å²) >= 11 is 0. The number of aromatic nitrogens is 3. The maximum absolute atomic E-state index is 12.8. The summed E-state index contributed by atoms with van der Waals surface area (Å²) < 4.78 is 48.6. The molecule has 0 saturated heterocycles. The van der Waals surface area contributed by atoms with Gasteiger partial charge in [-0.1, -0.05) is 0 Å². The minimum atomic E-state index is -4.69. The number of alkyl halides is 3. The third-order valence-electron chi connectivity index (χ3n) is 2.77. The Labute approximate surface area is 127 Å².